The number of aromatic nitrogens is 1. The van der Waals surface area contributed by atoms with Crippen molar-refractivity contribution in [2.75, 3.05) is 18.0 Å². The van der Waals surface area contributed by atoms with Crippen LogP contribution >= 0.6 is 0 Å². The number of hydrogen-bond donors (Lipinski definition) is 2. The third-order valence-electron chi connectivity index (χ3n) is 3.55. The minimum absolute atomic E-state index is 0.197. The molecular formula is C13H20N4O. The first-order valence-corrected chi connectivity index (χ1v) is 6.37. The number of amides is 1. The van der Waals surface area contributed by atoms with E-state index >= 15 is 0 Å². The number of carbonyl (C=O) groups excluding carboxylic acids is 1. The number of primary amides is 1. The standard InChI is InChI=1S/C13H20N4O/c14-8-11-1-4-16-9-12(11)17-5-2-10(3-6-17)7-13(15)18/h1,4,9-10H,2-3,5-8,14H2,(H2,15,18). The molecule has 1 fully saturated rings. The monoisotopic (exact) mass is 248 g/mol. The molecule has 1 aliphatic heterocycles. The van der Waals surface area contributed by atoms with Gasteiger partial charge in [-0.2, -0.15) is 0 Å². The molecule has 1 aliphatic rings. The van der Waals surface area contributed by atoms with Gasteiger partial charge in [-0.1, -0.05) is 0 Å². The van der Waals surface area contributed by atoms with E-state index in [0.29, 0.717) is 18.9 Å². The second kappa shape index (κ2) is 5.82. The summed E-state index contributed by atoms with van der Waals surface area (Å²) < 4.78 is 0. The number of hydrogen-bond acceptors (Lipinski definition) is 4. The summed E-state index contributed by atoms with van der Waals surface area (Å²) in [5, 5.41) is 0. The Kier molecular flexibility index (Phi) is 4.15. The van der Waals surface area contributed by atoms with E-state index in [1.807, 2.05) is 12.3 Å². The lowest BCUT2D eigenvalue weighted by Crippen LogP contribution is -2.35. The molecule has 0 bridgehead atoms. The maximum absolute atomic E-state index is 10.9. The molecule has 0 aliphatic carbocycles. The Labute approximate surface area is 107 Å². The van der Waals surface area contributed by atoms with Crippen LogP contribution in [0.2, 0.25) is 0 Å². The molecule has 1 amide bonds. The molecular weight excluding hydrogens is 228 g/mol. The summed E-state index contributed by atoms with van der Waals surface area (Å²) in [5.74, 6) is 0.231. The Morgan fingerprint density at radius 3 is 2.78 bits per heavy atom. The summed E-state index contributed by atoms with van der Waals surface area (Å²) in [7, 11) is 0. The van der Waals surface area contributed by atoms with Crippen LogP contribution in [0.3, 0.4) is 0 Å². The molecule has 1 saturated heterocycles. The van der Waals surface area contributed by atoms with E-state index in [9.17, 15) is 4.79 Å². The molecule has 0 atom stereocenters. The highest BCUT2D eigenvalue weighted by molar-refractivity contribution is 5.74. The second-order valence-electron chi connectivity index (χ2n) is 4.81. The first-order chi connectivity index (χ1) is 8.70. The van der Waals surface area contributed by atoms with Gasteiger partial charge in [0, 0.05) is 32.3 Å². The van der Waals surface area contributed by atoms with Gasteiger partial charge in [-0.25, -0.2) is 0 Å². The zero-order valence-electron chi connectivity index (χ0n) is 10.5. The smallest absolute Gasteiger partial charge is 0.217 e. The van der Waals surface area contributed by atoms with E-state index < -0.39 is 0 Å². The first kappa shape index (κ1) is 12.8. The van der Waals surface area contributed by atoms with Crippen LogP contribution in [-0.2, 0) is 11.3 Å². The van der Waals surface area contributed by atoms with Gasteiger partial charge in [-0.15, -0.1) is 0 Å². The van der Waals surface area contributed by atoms with Crippen LogP contribution in [0.1, 0.15) is 24.8 Å². The van der Waals surface area contributed by atoms with E-state index in [4.69, 9.17) is 11.5 Å². The van der Waals surface area contributed by atoms with Crippen LogP contribution in [0.25, 0.3) is 0 Å². The summed E-state index contributed by atoms with van der Waals surface area (Å²) in [6.07, 6.45) is 6.15. The Hall–Kier alpha value is -1.62. The van der Waals surface area contributed by atoms with Gasteiger partial charge >= 0.3 is 0 Å². The van der Waals surface area contributed by atoms with Gasteiger partial charge in [0.15, 0.2) is 0 Å². The third kappa shape index (κ3) is 2.98. The molecule has 5 nitrogen and oxygen atoms in total. The Morgan fingerprint density at radius 2 is 2.17 bits per heavy atom. The number of piperidine rings is 1. The van der Waals surface area contributed by atoms with Crippen LogP contribution < -0.4 is 16.4 Å². The Morgan fingerprint density at radius 1 is 1.44 bits per heavy atom. The van der Waals surface area contributed by atoms with Gasteiger partial charge in [0.25, 0.3) is 0 Å². The van der Waals surface area contributed by atoms with Crippen molar-refractivity contribution in [3.05, 3.63) is 24.0 Å². The minimum atomic E-state index is -0.197. The molecule has 5 heteroatoms. The van der Waals surface area contributed by atoms with E-state index in [-0.39, 0.29) is 5.91 Å². The first-order valence-electron chi connectivity index (χ1n) is 6.37. The van der Waals surface area contributed by atoms with Crippen LogP contribution in [0, 0.1) is 5.92 Å². The fraction of sp³-hybridized carbons (Fsp3) is 0.538. The summed E-state index contributed by atoms with van der Waals surface area (Å²) in [5.41, 5.74) is 13.2. The lowest BCUT2D eigenvalue weighted by atomic mass is 9.93. The number of nitrogens with zero attached hydrogens (tertiary/aromatic N) is 2. The van der Waals surface area contributed by atoms with Crippen molar-refractivity contribution in [1.29, 1.82) is 0 Å². The van der Waals surface area contributed by atoms with Gasteiger partial charge in [0.2, 0.25) is 5.91 Å². The maximum atomic E-state index is 10.9. The SMILES string of the molecule is NCc1ccncc1N1CCC(CC(N)=O)CC1. The minimum Gasteiger partial charge on any atom is -0.370 e. The number of rotatable bonds is 4. The Bertz CT molecular complexity index is 413. The topological polar surface area (TPSA) is 85.2 Å². The predicted octanol–water partition coefficient (Wildman–Crippen LogP) is 0.632. The number of anilines is 1. The predicted molar refractivity (Wildman–Crippen MR) is 70.9 cm³/mol. The molecule has 0 unspecified atom stereocenters. The van der Waals surface area contributed by atoms with Crippen molar-refractivity contribution in [3.8, 4) is 0 Å². The third-order valence-corrected chi connectivity index (χ3v) is 3.55. The Balaban J connectivity index is 1.99. The highest BCUT2D eigenvalue weighted by Crippen LogP contribution is 2.26. The largest absolute Gasteiger partial charge is 0.370 e. The zero-order chi connectivity index (χ0) is 13.0. The van der Waals surface area contributed by atoms with Crippen LogP contribution in [0.15, 0.2) is 18.5 Å². The highest BCUT2D eigenvalue weighted by atomic mass is 16.1. The maximum Gasteiger partial charge on any atom is 0.217 e. The second-order valence-corrected chi connectivity index (χ2v) is 4.81. The summed E-state index contributed by atoms with van der Waals surface area (Å²) in [4.78, 5) is 17.4. The van der Waals surface area contributed by atoms with Gasteiger partial charge in [0.1, 0.15) is 0 Å². The van der Waals surface area contributed by atoms with Gasteiger partial charge < -0.3 is 16.4 Å². The van der Waals surface area contributed by atoms with Crippen molar-refractivity contribution in [3.63, 3.8) is 0 Å². The van der Waals surface area contributed by atoms with Crippen molar-refractivity contribution in [2.45, 2.75) is 25.8 Å². The van der Waals surface area contributed by atoms with Crippen LogP contribution in [0.4, 0.5) is 5.69 Å². The van der Waals surface area contributed by atoms with Crippen LogP contribution in [0.5, 0.6) is 0 Å². The number of carbonyl (C=O) groups is 1. The van der Waals surface area contributed by atoms with Crippen molar-refractivity contribution in [2.24, 2.45) is 17.4 Å². The van der Waals surface area contributed by atoms with Gasteiger partial charge in [0.05, 0.1) is 11.9 Å². The van der Waals surface area contributed by atoms with Crippen molar-refractivity contribution < 1.29 is 4.79 Å². The van der Waals surface area contributed by atoms with Crippen LogP contribution in [-0.4, -0.2) is 24.0 Å². The van der Waals surface area contributed by atoms with Gasteiger partial charge in [-0.05, 0) is 30.4 Å². The molecule has 98 valence electrons. The quantitative estimate of drug-likeness (QED) is 0.818. The fourth-order valence-corrected chi connectivity index (χ4v) is 2.53. The molecule has 1 aromatic heterocycles. The molecule has 2 rings (SSSR count). The van der Waals surface area contributed by atoms with E-state index in [1.165, 1.54) is 0 Å². The number of pyridine rings is 1. The molecule has 0 aromatic carbocycles. The molecule has 18 heavy (non-hydrogen) atoms. The van der Waals surface area contributed by atoms with E-state index in [2.05, 4.69) is 9.88 Å². The lowest BCUT2D eigenvalue weighted by Gasteiger charge is -2.34. The van der Waals surface area contributed by atoms with Crippen molar-refractivity contribution in [1.82, 2.24) is 4.98 Å². The molecule has 0 spiro atoms. The summed E-state index contributed by atoms with van der Waals surface area (Å²) in [6.45, 7) is 2.41. The molecule has 0 saturated carbocycles. The molecule has 2 heterocycles. The molecule has 1 aromatic rings. The van der Waals surface area contributed by atoms with Gasteiger partial charge in [-0.3, -0.25) is 9.78 Å². The lowest BCUT2D eigenvalue weighted by molar-refractivity contribution is -0.119. The average Bonchev–Trinajstić information content (AvgIpc) is 2.39. The van der Waals surface area contributed by atoms with Crippen molar-refractivity contribution >= 4 is 11.6 Å². The van der Waals surface area contributed by atoms with E-state index in [1.54, 1.807) is 6.20 Å². The summed E-state index contributed by atoms with van der Waals surface area (Å²) in [6, 6.07) is 1.96. The molecule has 4 N–H and O–H groups in total. The summed E-state index contributed by atoms with van der Waals surface area (Å²) >= 11 is 0. The highest BCUT2D eigenvalue weighted by Gasteiger charge is 2.21. The normalized spacial score (nSPS) is 16.8. The average molecular weight is 248 g/mol. The van der Waals surface area contributed by atoms with E-state index in [0.717, 1.165) is 37.2 Å². The zero-order valence-corrected chi connectivity index (χ0v) is 10.5. The number of nitrogens with two attached hydrogens (primary N) is 2. The fourth-order valence-electron chi connectivity index (χ4n) is 2.53. The molecule has 0 radical (unpaired) electrons.